The highest BCUT2D eigenvalue weighted by molar-refractivity contribution is 5.18. The molecule has 1 heterocycles. The molecule has 0 amide bonds. The standard InChI is InChI=1S/C15H20N2O/c1-3-4-8-12(2)15-16-14(17-18-15)11-13-9-6-5-7-10-13/h5-7,9-10,12H,3-4,8,11H2,1-2H3/t12-/m0/s1. The molecular weight excluding hydrogens is 224 g/mol. The van der Waals surface area contributed by atoms with E-state index in [2.05, 4.69) is 36.1 Å². The van der Waals surface area contributed by atoms with Crippen molar-refractivity contribution in [2.75, 3.05) is 0 Å². The van der Waals surface area contributed by atoms with E-state index in [9.17, 15) is 0 Å². The second-order valence-electron chi connectivity index (χ2n) is 4.75. The second kappa shape index (κ2) is 6.34. The van der Waals surface area contributed by atoms with Crippen LogP contribution in [0.25, 0.3) is 0 Å². The number of hydrogen-bond donors (Lipinski definition) is 0. The van der Waals surface area contributed by atoms with Gasteiger partial charge in [0, 0.05) is 12.3 Å². The molecule has 96 valence electrons. The summed E-state index contributed by atoms with van der Waals surface area (Å²) in [5, 5.41) is 4.05. The summed E-state index contributed by atoms with van der Waals surface area (Å²) in [5.41, 5.74) is 1.21. The van der Waals surface area contributed by atoms with E-state index in [1.807, 2.05) is 18.2 Å². The molecule has 18 heavy (non-hydrogen) atoms. The summed E-state index contributed by atoms with van der Waals surface area (Å²) in [4.78, 5) is 4.48. The van der Waals surface area contributed by atoms with E-state index in [0.717, 1.165) is 24.6 Å². The van der Waals surface area contributed by atoms with Gasteiger partial charge in [-0.3, -0.25) is 0 Å². The summed E-state index contributed by atoms with van der Waals surface area (Å²) in [5.74, 6) is 1.91. The molecule has 0 unspecified atom stereocenters. The smallest absolute Gasteiger partial charge is 0.229 e. The lowest BCUT2D eigenvalue weighted by molar-refractivity contribution is 0.348. The number of rotatable bonds is 6. The highest BCUT2D eigenvalue weighted by atomic mass is 16.5. The van der Waals surface area contributed by atoms with Crippen molar-refractivity contribution in [2.45, 2.75) is 45.4 Å². The fraction of sp³-hybridized carbons (Fsp3) is 0.467. The zero-order valence-electron chi connectivity index (χ0n) is 11.1. The van der Waals surface area contributed by atoms with Crippen LogP contribution in [0.1, 0.15) is 56.3 Å². The van der Waals surface area contributed by atoms with Crippen LogP contribution in [0.5, 0.6) is 0 Å². The average Bonchev–Trinajstić information content (AvgIpc) is 2.86. The van der Waals surface area contributed by atoms with Gasteiger partial charge in [-0.2, -0.15) is 4.98 Å². The Labute approximate surface area is 108 Å². The largest absolute Gasteiger partial charge is 0.339 e. The third-order valence-electron chi connectivity index (χ3n) is 3.10. The summed E-state index contributed by atoms with van der Waals surface area (Å²) in [6.07, 6.45) is 4.27. The van der Waals surface area contributed by atoms with Crippen molar-refractivity contribution in [3.8, 4) is 0 Å². The van der Waals surface area contributed by atoms with Gasteiger partial charge in [-0.1, -0.05) is 62.2 Å². The van der Waals surface area contributed by atoms with Gasteiger partial charge < -0.3 is 4.52 Å². The quantitative estimate of drug-likeness (QED) is 0.772. The van der Waals surface area contributed by atoms with Crippen molar-refractivity contribution < 1.29 is 4.52 Å². The summed E-state index contributed by atoms with van der Waals surface area (Å²) < 4.78 is 5.33. The first kappa shape index (κ1) is 12.8. The van der Waals surface area contributed by atoms with E-state index < -0.39 is 0 Å². The Kier molecular flexibility index (Phi) is 4.51. The lowest BCUT2D eigenvalue weighted by atomic mass is 10.0. The average molecular weight is 244 g/mol. The van der Waals surface area contributed by atoms with Crippen molar-refractivity contribution in [2.24, 2.45) is 0 Å². The van der Waals surface area contributed by atoms with Crippen LogP contribution in [0.15, 0.2) is 34.9 Å². The third-order valence-corrected chi connectivity index (χ3v) is 3.10. The monoisotopic (exact) mass is 244 g/mol. The molecule has 1 aromatic heterocycles. The van der Waals surface area contributed by atoms with Gasteiger partial charge in [0.1, 0.15) is 0 Å². The lowest BCUT2D eigenvalue weighted by Crippen LogP contribution is -1.95. The third kappa shape index (κ3) is 3.42. The van der Waals surface area contributed by atoms with E-state index in [-0.39, 0.29) is 0 Å². The van der Waals surface area contributed by atoms with Crippen LogP contribution in [0.4, 0.5) is 0 Å². The molecule has 3 nitrogen and oxygen atoms in total. The van der Waals surface area contributed by atoms with Crippen molar-refractivity contribution in [1.82, 2.24) is 10.1 Å². The Morgan fingerprint density at radius 3 is 2.72 bits per heavy atom. The Bertz CT molecular complexity index is 464. The fourth-order valence-corrected chi connectivity index (χ4v) is 1.95. The molecule has 0 N–H and O–H groups in total. The van der Waals surface area contributed by atoms with Crippen LogP contribution in [0, 0.1) is 0 Å². The van der Waals surface area contributed by atoms with E-state index in [1.54, 1.807) is 0 Å². The molecular formula is C15H20N2O. The molecule has 0 saturated carbocycles. The van der Waals surface area contributed by atoms with Crippen LogP contribution >= 0.6 is 0 Å². The van der Waals surface area contributed by atoms with Crippen molar-refractivity contribution >= 4 is 0 Å². The first-order valence-corrected chi connectivity index (χ1v) is 6.66. The van der Waals surface area contributed by atoms with Gasteiger partial charge >= 0.3 is 0 Å². The maximum absolute atomic E-state index is 5.33. The number of unbranched alkanes of at least 4 members (excludes halogenated alkanes) is 1. The van der Waals surface area contributed by atoms with Crippen LogP contribution in [0.2, 0.25) is 0 Å². The molecule has 0 fully saturated rings. The molecule has 0 aliphatic carbocycles. The van der Waals surface area contributed by atoms with Crippen molar-refractivity contribution in [3.63, 3.8) is 0 Å². The van der Waals surface area contributed by atoms with Gasteiger partial charge in [0.15, 0.2) is 5.82 Å². The molecule has 0 aliphatic heterocycles. The topological polar surface area (TPSA) is 38.9 Å². The molecule has 0 radical (unpaired) electrons. The SMILES string of the molecule is CCCC[C@H](C)c1nc(Cc2ccccc2)no1. The zero-order chi connectivity index (χ0) is 12.8. The normalized spacial score (nSPS) is 12.6. The first-order valence-electron chi connectivity index (χ1n) is 6.66. The zero-order valence-corrected chi connectivity index (χ0v) is 11.1. The molecule has 2 aromatic rings. The van der Waals surface area contributed by atoms with Gasteiger partial charge in [-0.25, -0.2) is 0 Å². The van der Waals surface area contributed by atoms with Gasteiger partial charge in [-0.05, 0) is 12.0 Å². The van der Waals surface area contributed by atoms with Gasteiger partial charge in [-0.15, -0.1) is 0 Å². The summed E-state index contributed by atoms with van der Waals surface area (Å²) in [7, 11) is 0. The van der Waals surface area contributed by atoms with Crippen LogP contribution in [0.3, 0.4) is 0 Å². The number of hydrogen-bond acceptors (Lipinski definition) is 3. The Morgan fingerprint density at radius 2 is 2.00 bits per heavy atom. The summed E-state index contributed by atoms with van der Waals surface area (Å²) >= 11 is 0. The van der Waals surface area contributed by atoms with E-state index >= 15 is 0 Å². The van der Waals surface area contributed by atoms with Crippen molar-refractivity contribution in [1.29, 1.82) is 0 Å². The molecule has 0 bridgehead atoms. The summed E-state index contributed by atoms with van der Waals surface area (Å²) in [6.45, 7) is 4.34. The highest BCUT2D eigenvalue weighted by Gasteiger charge is 2.13. The van der Waals surface area contributed by atoms with Crippen LogP contribution < -0.4 is 0 Å². The van der Waals surface area contributed by atoms with Gasteiger partial charge in [0.05, 0.1) is 0 Å². The predicted octanol–water partition coefficient (Wildman–Crippen LogP) is 3.95. The first-order chi connectivity index (χ1) is 8.79. The van der Waals surface area contributed by atoms with Crippen LogP contribution in [-0.4, -0.2) is 10.1 Å². The minimum Gasteiger partial charge on any atom is -0.339 e. The van der Waals surface area contributed by atoms with Gasteiger partial charge in [0.25, 0.3) is 0 Å². The molecule has 1 aromatic carbocycles. The maximum Gasteiger partial charge on any atom is 0.229 e. The molecule has 1 atom stereocenters. The fourth-order valence-electron chi connectivity index (χ4n) is 1.95. The summed E-state index contributed by atoms with van der Waals surface area (Å²) in [6, 6.07) is 10.2. The highest BCUT2D eigenvalue weighted by Crippen LogP contribution is 2.20. The molecule has 0 spiro atoms. The second-order valence-corrected chi connectivity index (χ2v) is 4.75. The number of aromatic nitrogens is 2. The van der Waals surface area contributed by atoms with E-state index in [0.29, 0.717) is 5.92 Å². The lowest BCUT2D eigenvalue weighted by Gasteiger charge is -2.03. The molecule has 0 saturated heterocycles. The van der Waals surface area contributed by atoms with Crippen molar-refractivity contribution in [3.05, 3.63) is 47.6 Å². The molecule has 3 heteroatoms. The number of nitrogens with zero attached hydrogens (tertiary/aromatic N) is 2. The van der Waals surface area contributed by atoms with E-state index in [4.69, 9.17) is 4.52 Å². The van der Waals surface area contributed by atoms with Gasteiger partial charge in [0.2, 0.25) is 5.89 Å². The minimum atomic E-state index is 0.363. The predicted molar refractivity (Wildman–Crippen MR) is 71.5 cm³/mol. The maximum atomic E-state index is 5.33. The van der Waals surface area contributed by atoms with Crippen LogP contribution in [-0.2, 0) is 6.42 Å². The Hall–Kier alpha value is -1.64. The molecule has 0 aliphatic rings. The van der Waals surface area contributed by atoms with E-state index in [1.165, 1.54) is 18.4 Å². The Balaban J connectivity index is 1.98. The number of benzene rings is 1. The Morgan fingerprint density at radius 1 is 1.22 bits per heavy atom. The minimum absolute atomic E-state index is 0.363. The molecule has 2 rings (SSSR count).